The molecular weight excluding hydrogens is 534 g/mol. The van der Waals surface area contributed by atoms with Crippen LogP contribution in [-0.4, -0.2) is 59.0 Å². The van der Waals surface area contributed by atoms with Crippen molar-refractivity contribution in [2.75, 3.05) is 0 Å². The smallest absolute Gasteiger partial charge is 0.359 e. The number of aromatic amines is 1. The van der Waals surface area contributed by atoms with Crippen LogP contribution in [0.4, 0.5) is 0 Å². The van der Waals surface area contributed by atoms with Crippen molar-refractivity contribution < 1.29 is 34.0 Å². The van der Waals surface area contributed by atoms with E-state index in [4.69, 9.17) is 9.26 Å². The summed E-state index contributed by atoms with van der Waals surface area (Å²) in [6, 6.07) is 0. The average molecular weight is 562 g/mol. The standard InChI is InChI=1S/C17H28IN2O9P/c1-5-16(3,29-30(26,27)17(4,25)6-2)7-10-11(21)12(22)14(28-10)20-8-9(18)13(23)19-15(20)24/h8,10-12,14,21-22,25H,5-7H2,1-4H3,(H,26,27)(H,19,23,24)/t10-,11-,12-,14-,16-,17?/m1/s1. The number of rotatable bonds is 8. The Morgan fingerprint density at radius 3 is 2.40 bits per heavy atom. The molecule has 1 fully saturated rings. The molecule has 0 aromatic carbocycles. The molecule has 11 nitrogen and oxygen atoms in total. The Balaban J connectivity index is 2.28. The summed E-state index contributed by atoms with van der Waals surface area (Å²) in [6.45, 7) is 5.98. The highest BCUT2D eigenvalue weighted by Gasteiger charge is 2.50. The van der Waals surface area contributed by atoms with Gasteiger partial charge in [-0.2, -0.15) is 0 Å². The van der Waals surface area contributed by atoms with Gasteiger partial charge in [0.05, 0.1) is 15.3 Å². The van der Waals surface area contributed by atoms with Crippen LogP contribution in [0.3, 0.4) is 0 Å². The number of aliphatic hydroxyl groups excluding tert-OH is 2. The van der Waals surface area contributed by atoms with Crippen molar-refractivity contribution in [3.63, 3.8) is 0 Å². The quantitative estimate of drug-likeness (QED) is 0.225. The maximum absolute atomic E-state index is 12.6. The van der Waals surface area contributed by atoms with Crippen LogP contribution >= 0.6 is 30.2 Å². The van der Waals surface area contributed by atoms with Gasteiger partial charge in [-0.15, -0.1) is 0 Å². The van der Waals surface area contributed by atoms with Gasteiger partial charge in [-0.1, -0.05) is 13.8 Å². The van der Waals surface area contributed by atoms with E-state index in [1.165, 1.54) is 20.0 Å². The largest absolute Gasteiger partial charge is 0.388 e. The Morgan fingerprint density at radius 1 is 1.27 bits per heavy atom. The predicted octanol–water partition coefficient (Wildman–Crippen LogP) is 0.640. The molecule has 0 radical (unpaired) electrons. The van der Waals surface area contributed by atoms with Gasteiger partial charge in [-0.3, -0.25) is 18.9 Å². The zero-order valence-electron chi connectivity index (χ0n) is 17.1. The van der Waals surface area contributed by atoms with E-state index in [0.29, 0.717) is 0 Å². The molecule has 2 rings (SSSR count). The molecule has 172 valence electrons. The first-order valence-corrected chi connectivity index (χ1v) is 12.1. The molecular formula is C17H28IN2O9P. The van der Waals surface area contributed by atoms with E-state index in [0.717, 1.165) is 4.57 Å². The fourth-order valence-electron chi connectivity index (χ4n) is 3.05. The number of hydrogen-bond acceptors (Lipinski definition) is 8. The predicted molar refractivity (Wildman–Crippen MR) is 115 cm³/mol. The lowest BCUT2D eigenvalue weighted by Gasteiger charge is -2.37. The minimum atomic E-state index is -4.46. The summed E-state index contributed by atoms with van der Waals surface area (Å²) in [5, 5.41) is 29.1. The van der Waals surface area contributed by atoms with Crippen molar-refractivity contribution in [3.05, 3.63) is 30.6 Å². The van der Waals surface area contributed by atoms with Crippen LogP contribution in [0.25, 0.3) is 0 Å². The Kier molecular flexibility index (Phi) is 7.78. The summed E-state index contributed by atoms with van der Waals surface area (Å²) in [4.78, 5) is 36.1. The Hall–Kier alpha value is -0.600. The maximum atomic E-state index is 12.6. The van der Waals surface area contributed by atoms with Crippen LogP contribution in [0, 0.1) is 3.57 Å². The Bertz CT molecular complexity index is 933. The number of nitrogens with one attached hydrogen (secondary N) is 1. The number of aromatic nitrogens is 2. The van der Waals surface area contributed by atoms with Crippen LogP contribution < -0.4 is 11.2 Å². The first-order valence-electron chi connectivity index (χ1n) is 9.46. The highest BCUT2D eigenvalue weighted by Crippen LogP contribution is 2.59. The normalized spacial score (nSPS) is 30.4. The molecule has 1 aromatic heterocycles. The summed E-state index contributed by atoms with van der Waals surface area (Å²) in [5.41, 5.74) is -2.69. The molecule has 0 saturated carbocycles. The molecule has 0 bridgehead atoms. The third-order valence-electron chi connectivity index (χ3n) is 5.54. The van der Waals surface area contributed by atoms with Gasteiger partial charge in [0.1, 0.15) is 12.2 Å². The molecule has 1 aliphatic rings. The van der Waals surface area contributed by atoms with E-state index >= 15 is 0 Å². The summed E-state index contributed by atoms with van der Waals surface area (Å²) in [7, 11) is -4.46. The lowest BCUT2D eigenvalue weighted by molar-refractivity contribution is -0.0715. The second kappa shape index (κ2) is 9.10. The minimum Gasteiger partial charge on any atom is -0.388 e. The maximum Gasteiger partial charge on any atom is 0.359 e. The minimum absolute atomic E-state index is 0.0162. The highest BCUT2D eigenvalue weighted by atomic mass is 127. The zero-order chi connectivity index (χ0) is 23.1. The lowest BCUT2D eigenvalue weighted by atomic mass is 9.93. The van der Waals surface area contributed by atoms with E-state index in [1.807, 2.05) is 0 Å². The van der Waals surface area contributed by atoms with Gasteiger partial charge in [0, 0.05) is 12.6 Å². The van der Waals surface area contributed by atoms with E-state index < -0.39 is 54.3 Å². The van der Waals surface area contributed by atoms with Gasteiger partial charge in [0.15, 0.2) is 11.6 Å². The molecule has 0 spiro atoms. The molecule has 13 heteroatoms. The summed E-state index contributed by atoms with van der Waals surface area (Å²) in [5.74, 6) is 0. The first kappa shape index (κ1) is 25.7. The second-order valence-electron chi connectivity index (χ2n) is 7.88. The topological polar surface area (TPSA) is 171 Å². The highest BCUT2D eigenvalue weighted by molar-refractivity contribution is 14.1. The van der Waals surface area contributed by atoms with E-state index in [9.17, 15) is 34.4 Å². The molecule has 2 heterocycles. The van der Waals surface area contributed by atoms with E-state index in [2.05, 4.69) is 4.98 Å². The van der Waals surface area contributed by atoms with Gasteiger partial charge in [0.25, 0.3) is 5.56 Å². The number of ether oxygens (including phenoxy) is 1. The van der Waals surface area contributed by atoms with Crippen molar-refractivity contribution in [1.82, 2.24) is 9.55 Å². The molecule has 1 saturated heterocycles. The number of halogens is 1. The number of nitrogens with zero attached hydrogens (tertiary/aromatic N) is 1. The molecule has 0 amide bonds. The van der Waals surface area contributed by atoms with Gasteiger partial charge in [-0.05, 0) is 49.3 Å². The fourth-order valence-corrected chi connectivity index (χ4v) is 4.88. The van der Waals surface area contributed by atoms with Gasteiger partial charge >= 0.3 is 13.3 Å². The Morgan fingerprint density at radius 2 is 1.87 bits per heavy atom. The van der Waals surface area contributed by atoms with Crippen molar-refractivity contribution in [2.24, 2.45) is 0 Å². The van der Waals surface area contributed by atoms with Gasteiger partial charge in [0.2, 0.25) is 0 Å². The first-order chi connectivity index (χ1) is 13.7. The van der Waals surface area contributed by atoms with Crippen LogP contribution in [0.15, 0.2) is 15.8 Å². The van der Waals surface area contributed by atoms with Crippen molar-refractivity contribution >= 4 is 30.2 Å². The van der Waals surface area contributed by atoms with Gasteiger partial charge < -0.3 is 29.5 Å². The van der Waals surface area contributed by atoms with Gasteiger partial charge in [-0.25, -0.2) is 4.79 Å². The molecule has 1 aliphatic heterocycles. The average Bonchev–Trinajstić information content (AvgIpc) is 2.92. The number of aliphatic hydroxyl groups is 3. The molecule has 7 atom stereocenters. The lowest BCUT2D eigenvalue weighted by Crippen LogP contribution is -2.40. The molecule has 0 aliphatic carbocycles. The molecule has 5 N–H and O–H groups in total. The van der Waals surface area contributed by atoms with Crippen molar-refractivity contribution in [2.45, 2.75) is 82.4 Å². The molecule has 2 unspecified atom stereocenters. The van der Waals surface area contributed by atoms with Crippen molar-refractivity contribution in [1.29, 1.82) is 0 Å². The third kappa shape index (κ3) is 5.07. The SMILES string of the molecule is CCC(C)(O)P(=O)(O)O[C@](C)(CC)C[C@H]1O[C@@H](n2cc(I)c(=O)[nH]c2=O)[C@H](O)[C@@H]1O. The fraction of sp³-hybridized carbons (Fsp3) is 0.765. The third-order valence-corrected chi connectivity index (χ3v) is 8.53. The van der Waals surface area contributed by atoms with Crippen LogP contribution in [0.1, 0.15) is 53.2 Å². The zero-order valence-corrected chi connectivity index (χ0v) is 20.2. The van der Waals surface area contributed by atoms with E-state index in [-0.39, 0.29) is 22.8 Å². The summed E-state index contributed by atoms with van der Waals surface area (Å²) in [6.07, 6.45) is -3.90. The van der Waals surface area contributed by atoms with Crippen LogP contribution in [0.5, 0.6) is 0 Å². The van der Waals surface area contributed by atoms with E-state index in [1.54, 1.807) is 36.4 Å². The monoisotopic (exact) mass is 562 g/mol. The number of H-pyrrole nitrogens is 1. The Labute approximate surface area is 186 Å². The van der Waals surface area contributed by atoms with Crippen LogP contribution in [0.2, 0.25) is 0 Å². The summed E-state index contributed by atoms with van der Waals surface area (Å²) >= 11 is 1.72. The molecule has 1 aromatic rings. The number of hydrogen-bond donors (Lipinski definition) is 5. The van der Waals surface area contributed by atoms with Crippen molar-refractivity contribution in [3.8, 4) is 0 Å². The second-order valence-corrected chi connectivity index (χ2v) is 11.2. The molecule has 30 heavy (non-hydrogen) atoms. The van der Waals surface area contributed by atoms with Crippen LogP contribution in [-0.2, 0) is 13.8 Å². The summed E-state index contributed by atoms with van der Waals surface area (Å²) < 4.78 is 24.9.